The van der Waals surface area contributed by atoms with Crippen LogP contribution in [0, 0.1) is 10.1 Å². The molecule has 1 amide bonds. The lowest BCUT2D eigenvalue weighted by molar-refractivity contribution is -0.384. The number of nitrogens with zero attached hydrogens (tertiary/aromatic N) is 6. The van der Waals surface area contributed by atoms with E-state index < -0.39 is 4.92 Å². The van der Waals surface area contributed by atoms with E-state index in [1.165, 1.54) is 24.6 Å². The molecule has 184 valence electrons. The Kier molecular flexibility index (Phi) is 7.96. The molecule has 0 aliphatic carbocycles. The smallest absolute Gasteiger partial charge is 0.269 e. The highest BCUT2D eigenvalue weighted by atomic mass is 32.2. The third kappa shape index (κ3) is 6.36. The van der Waals surface area contributed by atoms with Crippen LogP contribution < -0.4 is 10.2 Å². The van der Waals surface area contributed by atoms with Crippen molar-refractivity contribution in [1.29, 1.82) is 0 Å². The number of anilines is 1. The van der Waals surface area contributed by atoms with E-state index >= 15 is 0 Å². The molecule has 0 bridgehead atoms. The van der Waals surface area contributed by atoms with E-state index in [1.54, 1.807) is 30.0 Å². The Morgan fingerprint density at radius 3 is 2.63 bits per heavy atom. The zero-order valence-electron chi connectivity index (χ0n) is 19.9. The van der Waals surface area contributed by atoms with Crippen LogP contribution in [-0.2, 0) is 11.3 Å². The van der Waals surface area contributed by atoms with Gasteiger partial charge in [0.25, 0.3) is 5.69 Å². The summed E-state index contributed by atoms with van der Waals surface area (Å²) in [5.41, 5.74) is 1.50. The van der Waals surface area contributed by atoms with E-state index in [-0.39, 0.29) is 11.6 Å². The molecule has 0 spiro atoms. The molecule has 0 unspecified atom stereocenters. The van der Waals surface area contributed by atoms with Crippen molar-refractivity contribution < 1.29 is 9.72 Å². The molecule has 1 aliphatic rings. The van der Waals surface area contributed by atoms with Gasteiger partial charge >= 0.3 is 0 Å². The van der Waals surface area contributed by atoms with Crippen LogP contribution in [0.4, 0.5) is 11.5 Å². The van der Waals surface area contributed by atoms with Crippen molar-refractivity contribution in [2.45, 2.75) is 50.1 Å². The molecule has 0 radical (unpaired) electrons. The minimum Gasteiger partial charge on any atom is -0.356 e. The fourth-order valence-electron chi connectivity index (χ4n) is 3.92. The van der Waals surface area contributed by atoms with Crippen molar-refractivity contribution in [3.63, 3.8) is 0 Å². The SMILES string of the molecule is CC(C)Sc1nc(N2CCCCC2)c2cnn(CCNC(=O)/C=C\c3ccc([N+](=O)[O-])cc3)c2n1. The summed E-state index contributed by atoms with van der Waals surface area (Å²) in [6.07, 6.45) is 8.42. The van der Waals surface area contributed by atoms with Gasteiger partial charge in [-0.15, -0.1) is 0 Å². The zero-order chi connectivity index (χ0) is 24.8. The van der Waals surface area contributed by atoms with E-state index in [4.69, 9.17) is 9.97 Å². The average molecular weight is 496 g/mol. The first-order chi connectivity index (χ1) is 16.9. The number of hydrogen-bond donors (Lipinski definition) is 1. The number of hydrogen-bond acceptors (Lipinski definition) is 8. The largest absolute Gasteiger partial charge is 0.356 e. The first kappa shape index (κ1) is 24.6. The number of nitrogens with one attached hydrogen (secondary N) is 1. The van der Waals surface area contributed by atoms with E-state index in [2.05, 4.69) is 29.2 Å². The van der Waals surface area contributed by atoms with Crippen LogP contribution in [0.25, 0.3) is 17.1 Å². The summed E-state index contributed by atoms with van der Waals surface area (Å²) in [7, 11) is 0. The lowest BCUT2D eigenvalue weighted by Gasteiger charge is -2.28. The first-order valence-electron chi connectivity index (χ1n) is 11.8. The van der Waals surface area contributed by atoms with Gasteiger partial charge in [-0.1, -0.05) is 25.6 Å². The summed E-state index contributed by atoms with van der Waals surface area (Å²) >= 11 is 1.63. The minimum atomic E-state index is -0.454. The zero-order valence-corrected chi connectivity index (χ0v) is 20.7. The third-order valence-electron chi connectivity index (χ3n) is 5.61. The topological polar surface area (TPSA) is 119 Å². The molecule has 1 N–H and O–H groups in total. The molecule has 11 heteroatoms. The van der Waals surface area contributed by atoms with Gasteiger partial charge in [-0.3, -0.25) is 14.9 Å². The fraction of sp³-hybridized carbons (Fsp3) is 0.417. The fourth-order valence-corrected chi connectivity index (χ4v) is 4.62. The van der Waals surface area contributed by atoms with Gasteiger partial charge in [0.15, 0.2) is 10.8 Å². The Labute approximate surface area is 208 Å². The number of benzene rings is 1. The maximum Gasteiger partial charge on any atom is 0.269 e. The van der Waals surface area contributed by atoms with Crippen LogP contribution in [0.1, 0.15) is 38.7 Å². The Morgan fingerprint density at radius 1 is 1.20 bits per heavy atom. The summed E-state index contributed by atoms with van der Waals surface area (Å²) in [6, 6.07) is 6.02. The van der Waals surface area contributed by atoms with Gasteiger partial charge in [0.1, 0.15) is 5.82 Å². The highest BCUT2D eigenvalue weighted by Crippen LogP contribution is 2.30. The molecule has 1 fully saturated rings. The number of rotatable bonds is 9. The van der Waals surface area contributed by atoms with Crippen LogP contribution in [0.2, 0.25) is 0 Å². The summed E-state index contributed by atoms with van der Waals surface area (Å²) < 4.78 is 1.81. The van der Waals surface area contributed by atoms with Crippen LogP contribution in [0.3, 0.4) is 0 Å². The molecular weight excluding hydrogens is 466 g/mol. The van der Waals surface area contributed by atoms with Gasteiger partial charge in [0.2, 0.25) is 5.91 Å². The Morgan fingerprint density at radius 2 is 1.94 bits per heavy atom. The van der Waals surface area contributed by atoms with Gasteiger partial charge in [-0.2, -0.15) is 5.10 Å². The molecule has 35 heavy (non-hydrogen) atoms. The van der Waals surface area contributed by atoms with Crippen LogP contribution >= 0.6 is 11.8 Å². The summed E-state index contributed by atoms with van der Waals surface area (Å²) in [6.45, 7) is 7.07. The number of amides is 1. The Hall–Kier alpha value is -3.47. The Balaban J connectivity index is 1.43. The number of fused-ring (bicyclic) bond motifs is 1. The predicted molar refractivity (Wildman–Crippen MR) is 138 cm³/mol. The molecule has 2 aromatic heterocycles. The summed E-state index contributed by atoms with van der Waals surface area (Å²) in [5, 5.41) is 20.2. The standard InChI is InChI=1S/C24H29N7O3S/c1-17(2)35-24-27-22(29-13-4-3-5-14-29)20-16-26-30(23(20)28-24)15-12-25-21(32)11-8-18-6-9-19(10-7-18)31(33)34/h6-11,16-17H,3-5,12-15H2,1-2H3,(H,25,32)/b11-8-. The third-order valence-corrected chi connectivity index (χ3v) is 6.47. The number of non-ortho nitro benzene ring substituents is 1. The lowest BCUT2D eigenvalue weighted by Crippen LogP contribution is -2.30. The van der Waals surface area contributed by atoms with Crippen molar-refractivity contribution in [1.82, 2.24) is 25.1 Å². The van der Waals surface area contributed by atoms with Crippen LogP contribution in [-0.4, -0.2) is 55.5 Å². The quantitative estimate of drug-likeness (QED) is 0.155. The van der Waals surface area contributed by atoms with Gasteiger partial charge in [0, 0.05) is 43.1 Å². The second kappa shape index (κ2) is 11.3. The van der Waals surface area contributed by atoms with Crippen molar-refractivity contribution in [3.05, 3.63) is 52.2 Å². The van der Waals surface area contributed by atoms with Crippen molar-refractivity contribution >= 4 is 46.3 Å². The molecule has 10 nitrogen and oxygen atoms in total. The van der Waals surface area contributed by atoms with Gasteiger partial charge in [0.05, 0.1) is 23.1 Å². The molecule has 1 aromatic carbocycles. The number of piperidine rings is 1. The van der Waals surface area contributed by atoms with Gasteiger partial charge in [-0.25, -0.2) is 14.6 Å². The van der Waals surface area contributed by atoms with Crippen LogP contribution in [0.15, 0.2) is 41.7 Å². The molecule has 4 rings (SSSR count). The summed E-state index contributed by atoms with van der Waals surface area (Å²) in [5.74, 6) is 0.693. The average Bonchev–Trinajstić information content (AvgIpc) is 3.25. The number of nitro benzene ring substituents is 1. The summed E-state index contributed by atoms with van der Waals surface area (Å²) in [4.78, 5) is 34.5. The molecule has 3 heterocycles. The Bertz CT molecular complexity index is 1220. The van der Waals surface area contributed by atoms with E-state index in [0.29, 0.717) is 23.9 Å². The van der Waals surface area contributed by atoms with Crippen LogP contribution in [0.5, 0.6) is 0 Å². The molecule has 3 aromatic rings. The van der Waals surface area contributed by atoms with Gasteiger partial charge in [-0.05, 0) is 43.0 Å². The first-order valence-corrected chi connectivity index (χ1v) is 12.6. The highest BCUT2D eigenvalue weighted by Gasteiger charge is 2.20. The maximum absolute atomic E-state index is 12.2. The number of nitro groups is 1. The van der Waals surface area contributed by atoms with E-state index in [9.17, 15) is 14.9 Å². The number of aromatic nitrogens is 4. The molecular formula is C24H29N7O3S. The molecule has 1 aliphatic heterocycles. The van der Waals surface area contributed by atoms with Crippen molar-refractivity contribution in [2.24, 2.45) is 0 Å². The van der Waals surface area contributed by atoms with Crippen molar-refractivity contribution in [3.8, 4) is 0 Å². The lowest BCUT2D eigenvalue weighted by atomic mass is 10.1. The maximum atomic E-state index is 12.2. The second-order valence-corrected chi connectivity index (χ2v) is 10.2. The molecule has 1 saturated heterocycles. The number of thioether (sulfide) groups is 1. The normalized spacial score (nSPS) is 14.2. The highest BCUT2D eigenvalue weighted by molar-refractivity contribution is 7.99. The number of carbonyl (C=O) groups excluding carboxylic acids is 1. The monoisotopic (exact) mass is 495 g/mol. The van der Waals surface area contributed by atoms with Gasteiger partial charge < -0.3 is 10.2 Å². The van der Waals surface area contributed by atoms with E-state index in [1.807, 2.05) is 10.9 Å². The van der Waals surface area contributed by atoms with Crippen molar-refractivity contribution in [2.75, 3.05) is 24.5 Å². The minimum absolute atomic E-state index is 0.0141. The predicted octanol–water partition coefficient (Wildman–Crippen LogP) is 4.05. The second-order valence-electron chi connectivity index (χ2n) is 8.62. The molecule has 0 saturated carbocycles. The molecule has 0 atom stereocenters. The number of carbonyl (C=O) groups is 1. The van der Waals surface area contributed by atoms with E-state index in [0.717, 1.165) is 47.9 Å².